The first kappa shape index (κ1) is 20.1. The van der Waals surface area contributed by atoms with Crippen LogP contribution in [0.2, 0.25) is 0 Å². The normalized spacial score (nSPS) is 14.5. The first-order chi connectivity index (χ1) is 14.7. The van der Waals surface area contributed by atoms with Gasteiger partial charge in [-0.15, -0.1) is 10.2 Å². The number of nitrogens with one attached hydrogen (secondary N) is 1. The molecule has 0 aliphatic carbocycles. The van der Waals surface area contributed by atoms with Gasteiger partial charge in [0.05, 0.1) is 26.9 Å². The molecule has 9 heteroatoms. The molecule has 3 aromatic rings. The number of anilines is 1. The molecule has 0 bridgehead atoms. The summed E-state index contributed by atoms with van der Waals surface area (Å²) in [4.78, 5) is 4.60. The molecule has 0 radical (unpaired) electrons. The van der Waals surface area contributed by atoms with E-state index >= 15 is 0 Å². The first-order valence-electron chi connectivity index (χ1n) is 9.38. The number of methoxy groups -OCH3 is 3. The van der Waals surface area contributed by atoms with Crippen molar-refractivity contribution in [3.63, 3.8) is 0 Å². The third kappa shape index (κ3) is 3.68. The minimum Gasteiger partial charge on any atom is -0.496 e. The molecule has 0 unspecified atom stereocenters. The van der Waals surface area contributed by atoms with Crippen molar-refractivity contribution in [2.24, 2.45) is 0 Å². The highest BCUT2D eigenvalue weighted by Crippen LogP contribution is 2.45. The van der Waals surface area contributed by atoms with E-state index in [-0.39, 0.29) is 0 Å². The third-order valence-electron chi connectivity index (χ3n) is 4.62. The average Bonchev–Trinajstić information content (AvgIpc) is 2.94. The summed E-state index contributed by atoms with van der Waals surface area (Å²) in [5.41, 5.74) is 2.96. The fourth-order valence-electron chi connectivity index (χ4n) is 3.26. The molecule has 1 aliphatic heterocycles. The maximum absolute atomic E-state index is 6.33. The van der Waals surface area contributed by atoms with Crippen LogP contribution in [0.5, 0.6) is 23.1 Å². The Bertz CT molecular complexity index is 1040. The molecule has 0 spiro atoms. The second kappa shape index (κ2) is 8.66. The molecule has 0 fully saturated rings. The topological polar surface area (TPSA) is 87.6 Å². The van der Waals surface area contributed by atoms with E-state index in [4.69, 9.17) is 18.9 Å². The molecule has 2 heterocycles. The fourth-order valence-corrected chi connectivity index (χ4v) is 3.76. The van der Waals surface area contributed by atoms with Crippen LogP contribution < -0.4 is 24.3 Å². The smallest absolute Gasteiger partial charge is 0.247 e. The second-order valence-corrected chi connectivity index (χ2v) is 7.55. The lowest BCUT2D eigenvalue weighted by atomic mass is 10.1. The van der Waals surface area contributed by atoms with Gasteiger partial charge in [0.25, 0.3) is 0 Å². The van der Waals surface area contributed by atoms with Crippen LogP contribution in [-0.4, -0.2) is 42.3 Å². The van der Waals surface area contributed by atoms with Crippen LogP contribution in [0.25, 0.3) is 11.3 Å². The highest BCUT2D eigenvalue weighted by Gasteiger charge is 2.30. The van der Waals surface area contributed by atoms with Crippen LogP contribution in [-0.2, 0) is 0 Å². The van der Waals surface area contributed by atoms with Gasteiger partial charge < -0.3 is 24.3 Å². The number of hydrogen-bond donors (Lipinski definition) is 1. The second-order valence-electron chi connectivity index (χ2n) is 6.31. The van der Waals surface area contributed by atoms with E-state index in [0.717, 1.165) is 17.0 Å². The largest absolute Gasteiger partial charge is 0.496 e. The van der Waals surface area contributed by atoms with Crippen molar-refractivity contribution < 1.29 is 18.9 Å². The van der Waals surface area contributed by atoms with Crippen molar-refractivity contribution in [2.45, 2.75) is 18.3 Å². The number of fused-ring (bicyclic) bond motifs is 3. The number of aromatic nitrogens is 3. The fraction of sp³-hybridized carbons (Fsp3) is 0.286. The van der Waals surface area contributed by atoms with Gasteiger partial charge in [0.2, 0.25) is 17.3 Å². The Morgan fingerprint density at radius 3 is 2.43 bits per heavy atom. The van der Waals surface area contributed by atoms with Gasteiger partial charge in [-0.25, -0.2) is 0 Å². The molecule has 0 saturated heterocycles. The third-order valence-corrected chi connectivity index (χ3v) is 5.34. The highest BCUT2D eigenvalue weighted by atomic mass is 32.2. The Morgan fingerprint density at radius 2 is 1.77 bits per heavy atom. The summed E-state index contributed by atoms with van der Waals surface area (Å²) in [6.07, 6.45) is -0.639. The van der Waals surface area contributed by atoms with Crippen LogP contribution in [0.1, 0.15) is 18.7 Å². The predicted octanol–water partition coefficient (Wildman–Crippen LogP) is 4.18. The van der Waals surface area contributed by atoms with Gasteiger partial charge >= 0.3 is 0 Å². The molecule has 30 heavy (non-hydrogen) atoms. The predicted molar refractivity (Wildman–Crippen MR) is 115 cm³/mol. The molecule has 8 nitrogen and oxygen atoms in total. The molecule has 156 valence electrons. The van der Waals surface area contributed by atoms with Crippen molar-refractivity contribution in [3.8, 4) is 34.4 Å². The molecular formula is C21H22N4O4S. The minimum atomic E-state index is -0.639. The number of hydrogen-bond acceptors (Lipinski definition) is 9. The molecule has 0 saturated carbocycles. The molecule has 0 amide bonds. The monoisotopic (exact) mass is 426 g/mol. The standard InChI is InChI=1S/C21H22N4O4S/c1-5-30-21-23-20-18(24-25-21)13-8-6-7-9-14(13)22-19(29-20)17-15(27-3)10-12(26-2)11-16(17)28-4/h6-11,19,22H,5H2,1-4H3/t19-/m1/s1. The van der Waals surface area contributed by atoms with Gasteiger partial charge in [-0.05, 0) is 11.8 Å². The van der Waals surface area contributed by atoms with Crippen molar-refractivity contribution in [3.05, 3.63) is 42.0 Å². The SMILES string of the molecule is CCSc1nnc2c(n1)O[C@H](c1c(OC)cc(OC)cc1OC)Nc1ccccc1-2. The van der Waals surface area contributed by atoms with Crippen molar-refractivity contribution in [1.82, 2.24) is 15.2 Å². The van der Waals surface area contributed by atoms with E-state index in [1.807, 2.05) is 31.2 Å². The Labute approximate surface area is 178 Å². The van der Waals surface area contributed by atoms with Crippen LogP contribution in [0, 0.1) is 0 Å². The van der Waals surface area contributed by atoms with E-state index in [2.05, 4.69) is 20.5 Å². The lowest BCUT2D eigenvalue weighted by Gasteiger charge is -2.23. The summed E-state index contributed by atoms with van der Waals surface area (Å²) in [5.74, 6) is 2.97. The van der Waals surface area contributed by atoms with Crippen LogP contribution in [0.3, 0.4) is 0 Å². The molecule has 2 aromatic carbocycles. The van der Waals surface area contributed by atoms with Crippen molar-refractivity contribution >= 4 is 17.4 Å². The van der Waals surface area contributed by atoms with E-state index < -0.39 is 6.23 Å². The Kier molecular flexibility index (Phi) is 5.80. The number of para-hydroxylation sites is 1. The Balaban J connectivity index is 1.89. The summed E-state index contributed by atoms with van der Waals surface area (Å²) in [6.45, 7) is 2.04. The maximum Gasteiger partial charge on any atom is 0.247 e. The Hall–Kier alpha value is -3.20. The summed E-state index contributed by atoms with van der Waals surface area (Å²) in [6, 6.07) is 11.4. The zero-order chi connectivity index (χ0) is 21.1. The highest BCUT2D eigenvalue weighted by molar-refractivity contribution is 7.99. The van der Waals surface area contributed by atoms with Crippen LogP contribution in [0.4, 0.5) is 5.69 Å². The molecular weight excluding hydrogens is 404 g/mol. The molecule has 1 aromatic heterocycles. The van der Waals surface area contributed by atoms with Gasteiger partial charge in [-0.1, -0.05) is 36.9 Å². The molecule has 1 N–H and O–H groups in total. The van der Waals surface area contributed by atoms with E-state index in [1.54, 1.807) is 33.5 Å². The maximum atomic E-state index is 6.33. The number of benzene rings is 2. The van der Waals surface area contributed by atoms with Gasteiger partial charge in [-0.2, -0.15) is 4.98 Å². The molecule has 1 aliphatic rings. The lowest BCUT2D eigenvalue weighted by molar-refractivity contribution is 0.213. The summed E-state index contributed by atoms with van der Waals surface area (Å²) < 4.78 is 23.0. The van der Waals surface area contributed by atoms with Crippen LogP contribution in [0.15, 0.2) is 41.6 Å². The van der Waals surface area contributed by atoms with Crippen molar-refractivity contribution in [2.75, 3.05) is 32.4 Å². The average molecular weight is 426 g/mol. The minimum absolute atomic E-state index is 0.392. The lowest BCUT2D eigenvalue weighted by Crippen LogP contribution is -2.19. The number of rotatable bonds is 6. The van der Waals surface area contributed by atoms with Gasteiger partial charge in [0, 0.05) is 23.4 Å². The van der Waals surface area contributed by atoms with Gasteiger partial charge in [-0.3, -0.25) is 0 Å². The number of nitrogens with zero attached hydrogens (tertiary/aromatic N) is 3. The summed E-state index contributed by atoms with van der Waals surface area (Å²) in [7, 11) is 4.78. The van der Waals surface area contributed by atoms with E-state index in [9.17, 15) is 0 Å². The summed E-state index contributed by atoms with van der Waals surface area (Å²) >= 11 is 1.50. The van der Waals surface area contributed by atoms with Crippen LogP contribution >= 0.6 is 11.8 Å². The first-order valence-corrected chi connectivity index (χ1v) is 10.4. The van der Waals surface area contributed by atoms with E-state index in [0.29, 0.717) is 39.5 Å². The van der Waals surface area contributed by atoms with Gasteiger partial charge in [0.15, 0.2) is 5.69 Å². The Morgan fingerprint density at radius 1 is 1.03 bits per heavy atom. The quantitative estimate of drug-likeness (QED) is 0.583. The molecule has 1 atom stereocenters. The zero-order valence-corrected chi connectivity index (χ0v) is 17.9. The van der Waals surface area contributed by atoms with E-state index in [1.165, 1.54) is 11.8 Å². The van der Waals surface area contributed by atoms with Crippen molar-refractivity contribution in [1.29, 1.82) is 0 Å². The number of ether oxygens (including phenoxy) is 4. The summed E-state index contributed by atoms with van der Waals surface area (Å²) in [5, 5.41) is 12.6. The van der Waals surface area contributed by atoms with Gasteiger partial charge in [0.1, 0.15) is 17.2 Å². The molecule has 4 rings (SSSR count). The number of thioether (sulfide) groups is 1. The zero-order valence-electron chi connectivity index (χ0n) is 17.1.